The fraction of sp³-hybridized carbons (Fsp3) is 0.125. The molecule has 25 heavy (non-hydrogen) atoms. The van der Waals surface area contributed by atoms with Gasteiger partial charge in [0.25, 0.3) is 0 Å². The van der Waals surface area contributed by atoms with Crippen molar-refractivity contribution in [2.24, 2.45) is 0 Å². The van der Waals surface area contributed by atoms with E-state index in [9.17, 15) is 18.0 Å². The van der Waals surface area contributed by atoms with Gasteiger partial charge >= 0.3 is 12.1 Å². The molecule has 9 heteroatoms. The van der Waals surface area contributed by atoms with Crippen molar-refractivity contribution in [3.8, 4) is 17.1 Å². The summed E-state index contributed by atoms with van der Waals surface area (Å²) in [5.74, 6) is -1.47. The third-order valence-electron chi connectivity index (χ3n) is 3.14. The summed E-state index contributed by atoms with van der Waals surface area (Å²) in [5, 5.41) is 3.28. The maximum absolute atomic E-state index is 12.5. The van der Waals surface area contributed by atoms with Crippen LogP contribution in [0.5, 0.6) is 5.75 Å². The van der Waals surface area contributed by atoms with Gasteiger partial charge in [-0.25, -0.2) is 0 Å². The zero-order valence-electron chi connectivity index (χ0n) is 12.5. The Kier molecular flexibility index (Phi) is 4.46. The van der Waals surface area contributed by atoms with Crippen LogP contribution in [0.1, 0.15) is 16.2 Å². The second-order valence-corrected chi connectivity index (χ2v) is 4.90. The van der Waals surface area contributed by atoms with E-state index in [-0.39, 0.29) is 18.2 Å². The van der Waals surface area contributed by atoms with Crippen molar-refractivity contribution < 1.29 is 27.2 Å². The highest BCUT2D eigenvalue weighted by atomic mass is 19.4. The van der Waals surface area contributed by atoms with Crippen molar-refractivity contribution >= 4 is 5.78 Å². The van der Waals surface area contributed by atoms with Crippen LogP contribution in [0.2, 0.25) is 0 Å². The molecule has 0 N–H and O–H groups in total. The van der Waals surface area contributed by atoms with E-state index in [1.165, 1.54) is 30.5 Å². The lowest BCUT2D eigenvalue weighted by molar-refractivity contribution is -0.159. The van der Waals surface area contributed by atoms with Gasteiger partial charge < -0.3 is 9.26 Å². The van der Waals surface area contributed by atoms with Gasteiger partial charge in [-0.2, -0.15) is 18.2 Å². The van der Waals surface area contributed by atoms with Crippen LogP contribution in [-0.2, 0) is 6.18 Å². The number of halogens is 3. The molecule has 0 aliphatic rings. The third-order valence-corrected chi connectivity index (χ3v) is 3.14. The van der Waals surface area contributed by atoms with E-state index in [0.29, 0.717) is 16.9 Å². The quantitative estimate of drug-likeness (QED) is 0.657. The lowest BCUT2D eigenvalue weighted by Gasteiger charge is -2.05. The molecule has 0 atom stereocenters. The number of Topliss-reactive ketones (excluding diaryl/α,β-unsaturated/α-hetero) is 1. The van der Waals surface area contributed by atoms with Crippen LogP contribution in [0, 0.1) is 0 Å². The number of carbonyl (C=O) groups excluding carboxylic acids is 1. The Morgan fingerprint density at radius 3 is 2.52 bits per heavy atom. The Balaban J connectivity index is 1.67. The molecule has 0 saturated heterocycles. The van der Waals surface area contributed by atoms with Gasteiger partial charge in [0.1, 0.15) is 5.75 Å². The number of carbonyl (C=O) groups is 1. The van der Waals surface area contributed by atoms with E-state index in [0.717, 1.165) is 0 Å². The van der Waals surface area contributed by atoms with Crippen LogP contribution in [0.3, 0.4) is 0 Å². The van der Waals surface area contributed by atoms with Crippen LogP contribution >= 0.6 is 0 Å². The Bertz CT molecular complexity index is 862. The predicted octanol–water partition coefficient (Wildman–Crippen LogP) is 3.41. The van der Waals surface area contributed by atoms with Crippen LogP contribution in [0.25, 0.3) is 11.4 Å². The molecular weight excluding hydrogens is 339 g/mol. The summed E-state index contributed by atoms with van der Waals surface area (Å²) in [5.41, 5.74) is 0.635. The normalized spacial score (nSPS) is 11.3. The van der Waals surface area contributed by atoms with Gasteiger partial charge in [-0.15, -0.1) is 0 Å². The molecule has 0 aliphatic heterocycles. The highest BCUT2D eigenvalue weighted by Crippen LogP contribution is 2.29. The zero-order chi connectivity index (χ0) is 17.9. The van der Waals surface area contributed by atoms with Crippen molar-refractivity contribution in [3.05, 3.63) is 60.2 Å². The highest BCUT2D eigenvalue weighted by Gasteiger charge is 2.38. The van der Waals surface area contributed by atoms with Gasteiger partial charge in [0.05, 0.1) is 6.20 Å². The molecular formula is C16H10F3N3O3. The van der Waals surface area contributed by atoms with Crippen molar-refractivity contribution in [2.45, 2.75) is 6.18 Å². The minimum absolute atomic E-state index is 0.189. The number of rotatable bonds is 5. The third kappa shape index (κ3) is 4.00. The molecule has 0 unspecified atom stereocenters. The van der Waals surface area contributed by atoms with Crippen LogP contribution in [0.4, 0.5) is 13.2 Å². The number of ketones is 1. The topological polar surface area (TPSA) is 78.1 Å². The minimum Gasteiger partial charge on any atom is -0.484 e. The molecule has 6 nitrogen and oxygen atoms in total. The molecule has 2 heterocycles. The summed E-state index contributed by atoms with van der Waals surface area (Å²) >= 11 is 0. The number of hydrogen-bond donors (Lipinski definition) is 0. The summed E-state index contributed by atoms with van der Waals surface area (Å²) in [6.45, 7) is -0.189. The van der Waals surface area contributed by atoms with E-state index in [1.807, 2.05) is 0 Å². The Morgan fingerprint density at radius 1 is 1.16 bits per heavy atom. The SMILES string of the molecule is O=C(COc1cccnc1)c1ccc(-c2noc(C(F)(F)F)n2)cc1. The zero-order valence-corrected chi connectivity index (χ0v) is 12.5. The summed E-state index contributed by atoms with van der Waals surface area (Å²) in [7, 11) is 0. The molecule has 128 valence electrons. The number of nitrogens with zero attached hydrogens (tertiary/aromatic N) is 3. The monoisotopic (exact) mass is 349 g/mol. The van der Waals surface area contributed by atoms with Crippen molar-refractivity contribution in [3.63, 3.8) is 0 Å². The Labute approximate surface area is 139 Å². The molecule has 1 aromatic carbocycles. The van der Waals surface area contributed by atoms with E-state index >= 15 is 0 Å². The second kappa shape index (κ2) is 6.71. The van der Waals surface area contributed by atoms with Gasteiger partial charge in [0.2, 0.25) is 5.82 Å². The first-order valence-electron chi connectivity index (χ1n) is 7.01. The largest absolute Gasteiger partial charge is 0.484 e. The average Bonchev–Trinajstić information content (AvgIpc) is 3.11. The number of hydrogen-bond acceptors (Lipinski definition) is 6. The van der Waals surface area contributed by atoms with Gasteiger partial charge in [-0.3, -0.25) is 9.78 Å². The lowest BCUT2D eigenvalue weighted by Crippen LogP contribution is -2.11. The molecule has 3 aromatic rings. The fourth-order valence-electron chi connectivity index (χ4n) is 1.93. The first kappa shape index (κ1) is 16.6. The first-order chi connectivity index (χ1) is 11.9. The van der Waals surface area contributed by atoms with E-state index in [1.54, 1.807) is 18.3 Å². The average molecular weight is 349 g/mol. The van der Waals surface area contributed by atoms with Crippen molar-refractivity contribution in [1.82, 2.24) is 15.1 Å². The highest BCUT2D eigenvalue weighted by molar-refractivity contribution is 5.97. The smallest absolute Gasteiger partial charge is 0.471 e. The summed E-state index contributed by atoms with van der Waals surface area (Å²) < 4.78 is 46.8. The second-order valence-electron chi connectivity index (χ2n) is 4.90. The molecule has 0 bridgehead atoms. The van der Waals surface area contributed by atoms with Gasteiger partial charge in [-0.05, 0) is 12.1 Å². The predicted molar refractivity (Wildman–Crippen MR) is 78.8 cm³/mol. The molecule has 0 saturated carbocycles. The maximum atomic E-state index is 12.5. The molecule has 0 fully saturated rings. The van der Waals surface area contributed by atoms with E-state index in [2.05, 4.69) is 19.6 Å². The molecule has 3 rings (SSSR count). The summed E-state index contributed by atoms with van der Waals surface area (Å²) in [6.07, 6.45) is -1.65. The van der Waals surface area contributed by atoms with Crippen LogP contribution < -0.4 is 4.74 Å². The minimum atomic E-state index is -4.70. The summed E-state index contributed by atoms with van der Waals surface area (Å²) in [6, 6.07) is 9.11. The van der Waals surface area contributed by atoms with Crippen LogP contribution in [0.15, 0.2) is 53.3 Å². The number of pyridine rings is 1. The standard InChI is InChI=1S/C16H10F3N3O3/c17-16(18,19)15-21-14(22-25-15)11-5-3-10(4-6-11)13(23)9-24-12-2-1-7-20-8-12/h1-8H,9H2. The van der Waals surface area contributed by atoms with Crippen LogP contribution in [-0.4, -0.2) is 27.5 Å². The molecule has 0 radical (unpaired) electrons. The van der Waals surface area contributed by atoms with Gasteiger partial charge in [-0.1, -0.05) is 29.4 Å². The maximum Gasteiger partial charge on any atom is 0.471 e. The lowest BCUT2D eigenvalue weighted by atomic mass is 10.1. The number of benzene rings is 1. The summed E-state index contributed by atoms with van der Waals surface area (Å²) in [4.78, 5) is 19.2. The first-order valence-corrected chi connectivity index (χ1v) is 7.01. The van der Waals surface area contributed by atoms with Gasteiger partial charge in [0.15, 0.2) is 12.4 Å². The molecule has 2 aromatic heterocycles. The van der Waals surface area contributed by atoms with Crippen molar-refractivity contribution in [1.29, 1.82) is 0 Å². The molecule has 0 aliphatic carbocycles. The Hall–Kier alpha value is -3.23. The molecule has 0 spiro atoms. The van der Waals surface area contributed by atoms with Crippen molar-refractivity contribution in [2.75, 3.05) is 6.61 Å². The molecule has 0 amide bonds. The number of alkyl halides is 3. The fourth-order valence-corrected chi connectivity index (χ4v) is 1.93. The Morgan fingerprint density at radius 2 is 1.92 bits per heavy atom. The number of ether oxygens (including phenoxy) is 1. The van der Waals surface area contributed by atoms with E-state index in [4.69, 9.17) is 4.74 Å². The van der Waals surface area contributed by atoms with E-state index < -0.39 is 12.1 Å². The van der Waals surface area contributed by atoms with Gasteiger partial charge in [0, 0.05) is 17.3 Å². The number of aromatic nitrogens is 3.